The number of benzene rings is 1. The second kappa shape index (κ2) is 5.93. The van der Waals surface area contributed by atoms with Gasteiger partial charge in [-0.05, 0) is 21.0 Å². The van der Waals surface area contributed by atoms with Crippen LogP contribution in [0.25, 0.3) is 0 Å². The summed E-state index contributed by atoms with van der Waals surface area (Å²) < 4.78 is 1.59. The minimum atomic E-state index is -0.551. The maximum absolute atomic E-state index is 11.3. The summed E-state index contributed by atoms with van der Waals surface area (Å²) in [5, 5.41) is 10.6. The van der Waals surface area contributed by atoms with Gasteiger partial charge in [0.25, 0.3) is 0 Å². The molecule has 20 heavy (non-hydrogen) atoms. The average molecular weight is 275 g/mol. The van der Waals surface area contributed by atoms with Crippen LogP contribution in [0.2, 0.25) is 0 Å². The Bertz CT molecular complexity index is 638. The van der Waals surface area contributed by atoms with Gasteiger partial charge in [-0.2, -0.15) is 0 Å². The molecule has 0 bridgehead atoms. The second-order valence-corrected chi connectivity index (χ2v) is 4.17. The smallest absolute Gasteiger partial charge is 0.358 e. The van der Waals surface area contributed by atoms with Crippen molar-refractivity contribution in [3.63, 3.8) is 0 Å². The third-order valence-corrected chi connectivity index (χ3v) is 2.79. The molecule has 0 aliphatic carbocycles. The van der Waals surface area contributed by atoms with E-state index in [0.29, 0.717) is 6.54 Å². The molecule has 0 aliphatic rings. The molecular formula is C12H13N5O3. The fourth-order valence-electron chi connectivity index (χ4n) is 1.83. The number of nitro groups is 1. The maximum Gasteiger partial charge on any atom is 0.381 e. The van der Waals surface area contributed by atoms with Gasteiger partial charge in [-0.1, -0.05) is 24.3 Å². The largest absolute Gasteiger partial charge is 0.381 e. The highest BCUT2D eigenvalue weighted by atomic mass is 16.6. The molecule has 0 aliphatic heterocycles. The lowest BCUT2D eigenvalue weighted by Crippen LogP contribution is -2.31. The Balaban J connectivity index is 2.19. The number of hydrogen-bond donors (Lipinski definition) is 2. The Morgan fingerprint density at radius 3 is 2.70 bits per heavy atom. The zero-order valence-corrected chi connectivity index (χ0v) is 10.5. The molecule has 3 N–H and O–H groups in total. The first kappa shape index (κ1) is 13.7. The van der Waals surface area contributed by atoms with Crippen LogP contribution in [-0.2, 0) is 17.8 Å². The monoisotopic (exact) mass is 275 g/mol. The molecule has 0 radical (unpaired) electrons. The first-order valence-corrected chi connectivity index (χ1v) is 5.82. The molecule has 1 heterocycles. The number of rotatable bonds is 5. The highest BCUT2D eigenvalue weighted by Gasteiger charge is 2.12. The molecule has 8 heteroatoms. The van der Waals surface area contributed by atoms with Crippen molar-refractivity contribution in [2.75, 3.05) is 0 Å². The summed E-state index contributed by atoms with van der Waals surface area (Å²) in [5.41, 5.74) is 3.77. The van der Waals surface area contributed by atoms with Crippen molar-refractivity contribution in [2.24, 2.45) is 5.84 Å². The van der Waals surface area contributed by atoms with Gasteiger partial charge in [-0.25, -0.2) is 5.84 Å². The van der Waals surface area contributed by atoms with Gasteiger partial charge in [-0.15, -0.1) is 0 Å². The van der Waals surface area contributed by atoms with Gasteiger partial charge in [0.15, 0.2) is 0 Å². The fourth-order valence-corrected chi connectivity index (χ4v) is 1.83. The first-order valence-electron chi connectivity index (χ1n) is 5.82. The third-order valence-electron chi connectivity index (χ3n) is 2.79. The third kappa shape index (κ3) is 3.18. The number of hydrogen-bond acceptors (Lipinski definition) is 5. The van der Waals surface area contributed by atoms with E-state index >= 15 is 0 Å². The number of carbonyl (C=O) groups excluding carboxylic acids is 1. The quantitative estimate of drug-likeness (QED) is 0.354. The Morgan fingerprint density at radius 1 is 1.40 bits per heavy atom. The number of hydrazine groups is 1. The van der Waals surface area contributed by atoms with Gasteiger partial charge in [0.2, 0.25) is 12.2 Å². The van der Waals surface area contributed by atoms with E-state index in [0.717, 1.165) is 11.1 Å². The molecule has 2 rings (SSSR count). The second-order valence-electron chi connectivity index (χ2n) is 4.17. The van der Waals surface area contributed by atoms with E-state index in [-0.39, 0.29) is 18.1 Å². The number of nitrogens with two attached hydrogens (primary N) is 1. The summed E-state index contributed by atoms with van der Waals surface area (Å²) in [5.74, 6) is 4.57. The van der Waals surface area contributed by atoms with Crippen LogP contribution in [0.15, 0.2) is 36.8 Å². The summed E-state index contributed by atoms with van der Waals surface area (Å²) in [4.78, 5) is 25.0. The molecule has 0 saturated heterocycles. The Labute approximate surface area is 114 Å². The lowest BCUT2D eigenvalue weighted by molar-refractivity contribution is -0.389. The van der Waals surface area contributed by atoms with Crippen molar-refractivity contribution in [2.45, 2.75) is 13.0 Å². The Kier molecular flexibility index (Phi) is 4.06. The number of nitrogens with one attached hydrogen (secondary N) is 1. The van der Waals surface area contributed by atoms with Crippen LogP contribution in [0.3, 0.4) is 0 Å². The van der Waals surface area contributed by atoms with Crippen LogP contribution in [0.5, 0.6) is 0 Å². The molecule has 1 aromatic carbocycles. The van der Waals surface area contributed by atoms with E-state index in [2.05, 4.69) is 10.4 Å². The van der Waals surface area contributed by atoms with E-state index in [4.69, 9.17) is 5.84 Å². The molecule has 0 atom stereocenters. The summed E-state index contributed by atoms with van der Waals surface area (Å²) in [6.07, 6.45) is 2.89. The fraction of sp³-hybridized carbons (Fsp3) is 0.167. The lowest BCUT2D eigenvalue weighted by atomic mass is 10.0. The van der Waals surface area contributed by atoms with Crippen molar-refractivity contribution in [1.82, 2.24) is 15.0 Å². The van der Waals surface area contributed by atoms with Crippen molar-refractivity contribution in [3.8, 4) is 0 Å². The SMILES string of the molecule is NNC(=O)Cc1ccccc1Cn1cnc([N+](=O)[O-])c1. The summed E-state index contributed by atoms with van der Waals surface area (Å²) >= 11 is 0. The zero-order chi connectivity index (χ0) is 14.5. The van der Waals surface area contributed by atoms with E-state index in [1.807, 2.05) is 24.3 Å². The molecule has 0 spiro atoms. The van der Waals surface area contributed by atoms with Gasteiger partial charge >= 0.3 is 5.82 Å². The zero-order valence-electron chi connectivity index (χ0n) is 10.5. The molecule has 104 valence electrons. The number of nitrogens with zero attached hydrogens (tertiary/aromatic N) is 3. The number of carbonyl (C=O) groups is 1. The lowest BCUT2D eigenvalue weighted by Gasteiger charge is -2.08. The van der Waals surface area contributed by atoms with Crippen LogP contribution >= 0.6 is 0 Å². The molecule has 0 saturated carbocycles. The van der Waals surface area contributed by atoms with Crippen LogP contribution in [0.1, 0.15) is 11.1 Å². The molecule has 1 aromatic heterocycles. The first-order chi connectivity index (χ1) is 9.60. The summed E-state index contributed by atoms with van der Waals surface area (Å²) in [6.45, 7) is 0.398. The predicted molar refractivity (Wildman–Crippen MR) is 70.5 cm³/mol. The van der Waals surface area contributed by atoms with Gasteiger partial charge in [-0.3, -0.25) is 10.2 Å². The van der Waals surface area contributed by atoms with Crippen LogP contribution in [0, 0.1) is 10.1 Å². The standard InChI is InChI=1S/C12H13N5O3/c13-15-12(18)5-9-3-1-2-4-10(9)6-16-7-11(14-8-16)17(19)20/h1-4,7-8H,5-6,13H2,(H,15,18). The highest BCUT2D eigenvalue weighted by molar-refractivity contribution is 5.78. The highest BCUT2D eigenvalue weighted by Crippen LogP contribution is 2.13. The van der Waals surface area contributed by atoms with Crippen LogP contribution < -0.4 is 11.3 Å². The van der Waals surface area contributed by atoms with Crippen molar-refractivity contribution in [3.05, 3.63) is 58.0 Å². The van der Waals surface area contributed by atoms with Gasteiger partial charge < -0.3 is 14.7 Å². The number of amides is 1. The summed E-state index contributed by atoms with van der Waals surface area (Å²) in [6, 6.07) is 7.32. The van der Waals surface area contributed by atoms with Crippen molar-refractivity contribution >= 4 is 11.7 Å². The molecule has 2 aromatic rings. The topological polar surface area (TPSA) is 116 Å². The molecule has 8 nitrogen and oxygen atoms in total. The van der Waals surface area contributed by atoms with E-state index in [1.165, 1.54) is 12.5 Å². The van der Waals surface area contributed by atoms with Crippen molar-refractivity contribution < 1.29 is 9.72 Å². The van der Waals surface area contributed by atoms with E-state index in [1.54, 1.807) is 4.57 Å². The van der Waals surface area contributed by atoms with Crippen LogP contribution in [-0.4, -0.2) is 20.4 Å². The molecular weight excluding hydrogens is 262 g/mol. The van der Waals surface area contributed by atoms with Crippen LogP contribution in [0.4, 0.5) is 5.82 Å². The number of imidazole rings is 1. The predicted octanol–water partition coefficient (Wildman–Crippen LogP) is 0.372. The van der Waals surface area contributed by atoms with Gasteiger partial charge in [0.05, 0.1) is 13.0 Å². The Morgan fingerprint density at radius 2 is 2.10 bits per heavy atom. The normalized spacial score (nSPS) is 10.2. The van der Waals surface area contributed by atoms with Crippen molar-refractivity contribution in [1.29, 1.82) is 0 Å². The van der Waals surface area contributed by atoms with Gasteiger partial charge in [0, 0.05) is 0 Å². The molecule has 0 fully saturated rings. The van der Waals surface area contributed by atoms with E-state index < -0.39 is 4.92 Å². The summed E-state index contributed by atoms with van der Waals surface area (Å²) in [7, 11) is 0. The molecule has 0 unspecified atom stereocenters. The Hall–Kier alpha value is -2.74. The van der Waals surface area contributed by atoms with E-state index in [9.17, 15) is 14.9 Å². The maximum atomic E-state index is 11.3. The average Bonchev–Trinajstić information content (AvgIpc) is 2.89. The minimum Gasteiger partial charge on any atom is -0.358 e. The van der Waals surface area contributed by atoms with Gasteiger partial charge in [0.1, 0.15) is 6.20 Å². The molecule has 1 amide bonds. The number of aromatic nitrogens is 2. The minimum absolute atomic E-state index is 0.156.